The molecule has 2 heterocycles. The van der Waals surface area contributed by atoms with Gasteiger partial charge in [-0.3, -0.25) is 9.89 Å². The molecule has 3 rings (SSSR count). The summed E-state index contributed by atoms with van der Waals surface area (Å²) < 4.78 is 0. The molecule has 0 bridgehead atoms. The zero-order chi connectivity index (χ0) is 14.7. The van der Waals surface area contributed by atoms with Crippen molar-refractivity contribution >= 4 is 16.9 Å². The van der Waals surface area contributed by atoms with Crippen molar-refractivity contribution in [1.82, 2.24) is 9.80 Å². The molecule has 1 aromatic carbocycles. The molecule has 5 heteroatoms. The Morgan fingerprint density at radius 2 is 2.14 bits per heavy atom. The van der Waals surface area contributed by atoms with Gasteiger partial charge in [0, 0.05) is 38.0 Å². The molecule has 110 valence electrons. The third-order valence-electron chi connectivity index (χ3n) is 3.90. The summed E-state index contributed by atoms with van der Waals surface area (Å²) in [7, 11) is 0. The third kappa shape index (κ3) is 3.58. The predicted molar refractivity (Wildman–Crippen MR) is 87.4 cm³/mol. The molecule has 1 unspecified atom stereocenters. The van der Waals surface area contributed by atoms with Crippen molar-refractivity contribution in [3.63, 3.8) is 0 Å². The Balaban J connectivity index is 1.53. The molecule has 4 nitrogen and oxygen atoms in total. The smallest absolute Gasteiger partial charge is 0.159 e. The first-order valence-electron chi connectivity index (χ1n) is 7.42. The summed E-state index contributed by atoms with van der Waals surface area (Å²) in [5.74, 6) is 0. The van der Waals surface area contributed by atoms with Crippen molar-refractivity contribution in [3.8, 4) is 6.07 Å². The molecule has 2 aliphatic rings. The highest BCUT2D eigenvalue weighted by Gasteiger charge is 2.24. The number of amidine groups is 1. The van der Waals surface area contributed by atoms with Crippen LogP contribution in [0.4, 0.5) is 0 Å². The Bertz CT molecular complexity index is 570. The average molecular weight is 300 g/mol. The number of nitriles is 1. The van der Waals surface area contributed by atoms with Crippen LogP contribution in [0, 0.1) is 11.3 Å². The van der Waals surface area contributed by atoms with E-state index in [1.807, 2.05) is 30.0 Å². The third-order valence-corrected chi connectivity index (χ3v) is 5.04. The van der Waals surface area contributed by atoms with Gasteiger partial charge in [0.25, 0.3) is 0 Å². The first kappa shape index (κ1) is 14.4. The summed E-state index contributed by atoms with van der Waals surface area (Å²) in [5.41, 5.74) is 1.97. The number of rotatable bonds is 2. The number of piperazine rings is 1. The van der Waals surface area contributed by atoms with E-state index in [0.29, 0.717) is 5.25 Å². The molecule has 0 radical (unpaired) electrons. The Labute approximate surface area is 130 Å². The first-order chi connectivity index (χ1) is 10.2. The lowest BCUT2D eigenvalue weighted by Crippen LogP contribution is -2.47. The van der Waals surface area contributed by atoms with Crippen molar-refractivity contribution in [2.24, 2.45) is 4.99 Å². The average Bonchev–Trinajstić information content (AvgIpc) is 2.95. The van der Waals surface area contributed by atoms with Crippen LogP contribution in [0.1, 0.15) is 18.1 Å². The van der Waals surface area contributed by atoms with E-state index >= 15 is 0 Å². The van der Waals surface area contributed by atoms with Crippen molar-refractivity contribution in [2.75, 3.05) is 32.7 Å². The van der Waals surface area contributed by atoms with Gasteiger partial charge in [-0.1, -0.05) is 30.8 Å². The number of thioether (sulfide) groups is 1. The van der Waals surface area contributed by atoms with Gasteiger partial charge in [0.15, 0.2) is 5.17 Å². The monoisotopic (exact) mass is 300 g/mol. The van der Waals surface area contributed by atoms with Gasteiger partial charge in [0.05, 0.1) is 18.2 Å². The topological polar surface area (TPSA) is 42.6 Å². The number of hydrogen-bond donors (Lipinski definition) is 0. The summed E-state index contributed by atoms with van der Waals surface area (Å²) in [6.45, 7) is 8.35. The van der Waals surface area contributed by atoms with Crippen LogP contribution in [0.15, 0.2) is 29.3 Å². The van der Waals surface area contributed by atoms with Crippen LogP contribution in [0.2, 0.25) is 0 Å². The zero-order valence-electron chi connectivity index (χ0n) is 12.3. The standard InChI is InChI=1S/C16H20N4S/c1-13-11-18-16(21-13)20-7-5-19(6-8-20)12-15-4-2-3-14(9-15)10-17/h2-4,9,13H,5-8,11-12H2,1H3. The molecular formula is C16H20N4S. The van der Waals surface area contributed by atoms with Crippen LogP contribution < -0.4 is 0 Å². The highest BCUT2D eigenvalue weighted by Crippen LogP contribution is 2.23. The number of benzene rings is 1. The van der Waals surface area contributed by atoms with Gasteiger partial charge in [-0.2, -0.15) is 5.26 Å². The van der Waals surface area contributed by atoms with Crippen LogP contribution in [0.3, 0.4) is 0 Å². The molecule has 0 aromatic heterocycles. The van der Waals surface area contributed by atoms with Gasteiger partial charge in [-0.05, 0) is 17.7 Å². The van der Waals surface area contributed by atoms with E-state index in [9.17, 15) is 0 Å². The maximum atomic E-state index is 8.96. The highest BCUT2D eigenvalue weighted by molar-refractivity contribution is 8.14. The molecule has 21 heavy (non-hydrogen) atoms. The van der Waals surface area contributed by atoms with E-state index in [1.54, 1.807) is 0 Å². The maximum absolute atomic E-state index is 8.96. The quantitative estimate of drug-likeness (QED) is 0.839. The van der Waals surface area contributed by atoms with E-state index in [-0.39, 0.29) is 0 Å². The van der Waals surface area contributed by atoms with Crippen LogP contribution in [0.5, 0.6) is 0 Å². The number of nitrogens with zero attached hydrogens (tertiary/aromatic N) is 4. The molecule has 1 atom stereocenters. The fourth-order valence-corrected chi connectivity index (χ4v) is 3.72. The van der Waals surface area contributed by atoms with E-state index in [2.05, 4.69) is 33.9 Å². The van der Waals surface area contributed by atoms with E-state index in [1.165, 1.54) is 10.7 Å². The highest BCUT2D eigenvalue weighted by atomic mass is 32.2. The molecule has 0 saturated carbocycles. The molecule has 0 amide bonds. The van der Waals surface area contributed by atoms with Gasteiger partial charge < -0.3 is 4.90 Å². The van der Waals surface area contributed by atoms with E-state index in [4.69, 9.17) is 5.26 Å². The molecule has 2 aliphatic heterocycles. The van der Waals surface area contributed by atoms with Crippen molar-refractivity contribution in [1.29, 1.82) is 5.26 Å². The molecule has 0 spiro atoms. The Morgan fingerprint density at radius 3 is 2.81 bits per heavy atom. The lowest BCUT2D eigenvalue weighted by atomic mass is 10.1. The van der Waals surface area contributed by atoms with E-state index in [0.717, 1.165) is 44.8 Å². The summed E-state index contributed by atoms with van der Waals surface area (Å²) >= 11 is 1.90. The number of hydrogen-bond acceptors (Lipinski definition) is 5. The predicted octanol–water partition coefficient (Wildman–Crippen LogP) is 2.17. The molecule has 1 fully saturated rings. The molecule has 1 aromatic rings. The SMILES string of the molecule is CC1CN=C(N2CCN(Cc3cccc(C#N)c3)CC2)S1. The zero-order valence-corrected chi connectivity index (χ0v) is 13.1. The van der Waals surface area contributed by atoms with Crippen LogP contribution in [0.25, 0.3) is 0 Å². The Morgan fingerprint density at radius 1 is 1.33 bits per heavy atom. The Kier molecular flexibility index (Phi) is 4.47. The first-order valence-corrected chi connectivity index (χ1v) is 8.30. The second-order valence-corrected chi connectivity index (χ2v) is 7.03. The molecule has 1 saturated heterocycles. The fourth-order valence-electron chi connectivity index (χ4n) is 2.73. The minimum Gasteiger partial charge on any atom is -0.349 e. The molecule has 0 N–H and O–H groups in total. The van der Waals surface area contributed by atoms with Crippen LogP contribution in [-0.4, -0.2) is 52.9 Å². The van der Waals surface area contributed by atoms with Crippen molar-refractivity contribution < 1.29 is 0 Å². The second-order valence-electron chi connectivity index (χ2n) is 5.63. The van der Waals surface area contributed by atoms with Gasteiger partial charge in [0.1, 0.15) is 0 Å². The lowest BCUT2D eigenvalue weighted by Gasteiger charge is -2.35. The Hall–Kier alpha value is -1.51. The van der Waals surface area contributed by atoms with Crippen LogP contribution >= 0.6 is 11.8 Å². The summed E-state index contributed by atoms with van der Waals surface area (Å²) in [6.07, 6.45) is 0. The van der Waals surface area contributed by atoms with Gasteiger partial charge >= 0.3 is 0 Å². The normalized spacial score (nSPS) is 23.0. The van der Waals surface area contributed by atoms with Crippen LogP contribution in [-0.2, 0) is 6.54 Å². The van der Waals surface area contributed by atoms with Crippen molar-refractivity contribution in [3.05, 3.63) is 35.4 Å². The molecular weight excluding hydrogens is 280 g/mol. The summed E-state index contributed by atoms with van der Waals surface area (Å²) in [4.78, 5) is 9.49. The summed E-state index contributed by atoms with van der Waals surface area (Å²) in [6, 6.07) is 10.1. The summed E-state index contributed by atoms with van der Waals surface area (Å²) in [5, 5.41) is 10.8. The maximum Gasteiger partial charge on any atom is 0.159 e. The van der Waals surface area contributed by atoms with E-state index < -0.39 is 0 Å². The number of aliphatic imine (C=N–C) groups is 1. The minimum atomic E-state index is 0.631. The van der Waals surface area contributed by atoms with Gasteiger partial charge in [-0.15, -0.1) is 0 Å². The van der Waals surface area contributed by atoms with Gasteiger partial charge in [-0.25, -0.2) is 0 Å². The minimum absolute atomic E-state index is 0.631. The lowest BCUT2D eigenvalue weighted by molar-refractivity contribution is 0.177. The van der Waals surface area contributed by atoms with Gasteiger partial charge in [0.2, 0.25) is 0 Å². The van der Waals surface area contributed by atoms with Crippen molar-refractivity contribution in [2.45, 2.75) is 18.7 Å². The fraction of sp³-hybridized carbons (Fsp3) is 0.500. The molecule has 0 aliphatic carbocycles. The largest absolute Gasteiger partial charge is 0.349 e. The second kappa shape index (κ2) is 6.50.